The predicted molar refractivity (Wildman–Crippen MR) is 123 cm³/mol. The number of anilines is 2. The van der Waals surface area contributed by atoms with Crippen LogP contribution in [0.3, 0.4) is 0 Å². The first-order valence-corrected chi connectivity index (χ1v) is 10.2. The Morgan fingerprint density at radius 3 is 2.23 bits per heavy atom. The first-order valence-electron chi connectivity index (χ1n) is 9.79. The van der Waals surface area contributed by atoms with Crippen molar-refractivity contribution >= 4 is 40.5 Å². The average Bonchev–Trinajstić information content (AvgIpc) is 2.93. The van der Waals surface area contributed by atoms with Gasteiger partial charge in [-0.2, -0.15) is 0 Å². The molecule has 1 heterocycles. The van der Waals surface area contributed by atoms with E-state index in [1.54, 1.807) is 41.2 Å². The van der Waals surface area contributed by atoms with E-state index in [4.69, 9.17) is 17.0 Å². The number of nitrogens with one attached hydrogen (secondary N) is 1. The molecule has 1 atom stereocenters. The van der Waals surface area contributed by atoms with Gasteiger partial charge in [0.05, 0.1) is 13.5 Å². The van der Waals surface area contributed by atoms with Gasteiger partial charge in [-0.3, -0.25) is 14.5 Å². The van der Waals surface area contributed by atoms with E-state index in [2.05, 4.69) is 5.32 Å². The normalized spacial score (nSPS) is 16.8. The second kappa shape index (κ2) is 8.44. The molecule has 6 nitrogen and oxygen atoms in total. The Kier molecular flexibility index (Phi) is 6.12. The van der Waals surface area contributed by atoms with E-state index in [9.17, 15) is 9.59 Å². The Morgan fingerprint density at radius 1 is 1.10 bits per heavy atom. The van der Waals surface area contributed by atoms with Crippen molar-refractivity contribution in [3.8, 4) is 5.75 Å². The number of carbonyl (C=O) groups is 2. The summed E-state index contributed by atoms with van der Waals surface area (Å²) in [6, 6.07) is 14.2. The Labute approximate surface area is 182 Å². The molecule has 0 saturated carbocycles. The van der Waals surface area contributed by atoms with Gasteiger partial charge in [0.25, 0.3) is 5.91 Å². The van der Waals surface area contributed by atoms with Crippen molar-refractivity contribution in [1.82, 2.24) is 4.90 Å². The van der Waals surface area contributed by atoms with Gasteiger partial charge in [0, 0.05) is 16.9 Å². The monoisotopic (exact) mass is 425 g/mol. The molecule has 30 heavy (non-hydrogen) atoms. The lowest BCUT2D eigenvalue weighted by atomic mass is 10.1. The van der Waals surface area contributed by atoms with Crippen LogP contribution < -0.4 is 15.0 Å². The van der Waals surface area contributed by atoms with Crippen molar-refractivity contribution in [2.24, 2.45) is 0 Å². The van der Waals surface area contributed by atoms with Crippen LogP contribution in [0.15, 0.2) is 48.5 Å². The van der Waals surface area contributed by atoms with Crippen molar-refractivity contribution in [3.63, 3.8) is 0 Å². The molecular weight excluding hydrogens is 398 g/mol. The number of hydrogen-bond donors (Lipinski definition) is 1. The average molecular weight is 426 g/mol. The minimum absolute atomic E-state index is 0.00847. The van der Waals surface area contributed by atoms with Gasteiger partial charge >= 0.3 is 0 Å². The first-order chi connectivity index (χ1) is 14.1. The minimum atomic E-state index is -0.697. The van der Waals surface area contributed by atoms with Gasteiger partial charge < -0.3 is 15.0 Å². The van der Waals surface area contributed by atoms with Crippen LogP contribution in [0.25, 0.3) is 0 Å². The largest absolute Gasteiger partial charge is 0.497 e. The van der Waals surface area contributed by atoms with E-state index in [-0.39, 0.29) is 18.2 Å². The molecule has 1 fully saturated rings. The highest BCUT2D eigenvalue weighted by atomic mass is 32.1. The van der Waals surface area contributed by atoms with Crippen molar-refractivity contribution in [2.75, 3.05) is 17.3 Å². The number of rotatable bonds is 5. The van der Waals surface area contributed by atoms with Crippen LogP contribution in [0.1, 0.15) is 32.8 Å². The van der Waals surface area contributed by atoms with Gasteiger partial charge in [0.2, 0.25) is 5.91 Å². The van der Waals surface area contributed by atoms with Crippen LogP contribution in [0.2, 0.25) is 0 Å². The molecule has 3 rings (SSSR count). The maximum Gasteiger partial charge on any atom is 0.252 e. The third kappa shape index (κ3) is 4.46. The van der Waals surface area contributed by atoms with Gasteiger partial charge in [-0.15, -0.1) is 0 Å². The number of nitrogens with zero attached hydrogens (tertiary/aromatic N) is 2. The van der Waals surface area contributed by atoms with E-state index >= 15 is 0 Å². The molecule has 0 spiro atoms. The SMILES string of the molecule is COc1ccc(NC(=O)CC2C(=O)N(C(C)(C)C)C(=S)N2c2ccc(C)cc2)cc1. The molecule has 7 heteroatoms. The molecular formula is C23H27N3O3S. The number of aryl methyl sites for hydroxylation is 1. The van der Waals surface area contributed by atoms with Crippen LogP contribution >= 0.6 is 12.2 Å². The third-order valence-electron chi connectivity index (χ3n) is 4.95. The molecule has 0 radical (unpaired) electrons. The summed E-state index contributed by atoms with van der Waals surface area (Å²) in [5.74, 6) is 0.280. The van der Waals surface area contributed by atoms with Crippen LogP contribution in [0.4, 0.5) is 11.4 Å². The molecule has 0 bridgehead atoms. The maximum atomic E-state index is 13.3. The molecule has 2 amide bonds. The van der Waals surface area contributed by atoms with Crippen LogP contribution in [0.5, 0.6) is 5.75 Å². The molecule has 1 unspecified atom stereocenters. The van der Waals surface area contributed by atoms with Crippen LogP contribution in [0, 0.1) is 6.92 Å². The molecule has 1 saturated heterocycles. The molecule has 1 N–H and O–H groups in total. The van der Waals surface area contributed by atoms with E-state index < -0.39 is 11.6 Å². The maximum absolute atomic E-state index is 13.3. The molecule has 2 aromatic rings. The van der Waals surface area contributed by atoms with E-state index in [1.165, 1.54) is 0 Å². The molecule has 2 aromatic carbocycles. The number of ether oxygens (including phenoxy) is 1. The molecule has 158 valence electrons. The van der Waals surface area contributed by atoms with Crippen LogP contribution in [-0.2, 0) is 9.59 Å². The quantitative estimate of drug-likeness (QED) is 0.730. The molecule has 0 aliphatic carbocycles. The summed E-state index contributed by atoms with van der Waals surface area (Å²) in [6.07, 6.45) is -0.00847. The summed E-state index contributed by atoms with van der Waals surface area (Å²) in [4.78, 5) is 29.5. The molecule has 0 aromatic heterocycles. The Balaban J connectivity index is 1.86. The highest BCUT2D eigenvalue weighted by Gasteiger charge is 2.48. The van der Waals surface area contributed by atoms with Gasteiger partial charge in [-0.25, -0.2) is 0 Å². The minimum Gasteiger partial charge on any atom is -0.497 e. The van der Waals surface area contributed by atoms with E-state index in [1.807, 2.05) is 52.0 Å². The number of amides is 2. The number of thiocarbonyl (C=S) groups is 1. The second-order valence-corrected chi connectivity index (χ2v) is 8.69. The number of carbonyl (C=O) groups excluding carboxylic acids is 2. The van der Waals surface area contributed by atoms with Crippen molar-refractivity contribution in [3.05, 3.63) is 54.1 Å². The van der Waals surface area contributed by atoms with Gasteiger partial charge in [-0.05, 0) is 76.3 Å². The smallest absolute Gasteiger partial charge is 0.252 e. The van der Waals surface area contributed by atoms with Gasteiger partial charge in [0.15, 0.2) is 5.11 Å². The zero-order valence-corrected chi connectivity index (χ0v) is 18.7. The van der Waals surface area contributed by atoms with Crippen molar-refractivity contribution in [2.45, 2.75) is 45.7 Å². The summed E-state index contributed by atoms with van der Waals surface area (Å²) in [5.41, 5.74) is 2.06. The number of methoxy groups -OCH3 is 1. The lowest BCUT2D eigenvalue weighted by molar-refractivity contribution is -0.131. The van der Waals surface area contributed by atoms with E-state index in [0.29, 0.717) is 16.5 Å². The summed E-state index contributed by atoms with van der Waals surface area (Å²) in [5, 5.41) is 3.27. The summed E-state index contributed by atoms with van der Waals surface area (Å²) < 4.78 is 5.14. The fraction of sp³-hybridized carbons (Fsp3) is 0.348. The zero-order chi connectivity index (χ0) is 22.1. The summed E-state index contributed by atoms with van der Waals surface area (Å²) >= 11 is 5.67. The van der Waals surface area contributed by atoms with Crippen molar-refractivity contribution < 1.29 is 14.3 Å². The second-order valence-electron chi connectivity index (χ2n) is 8.33. The summed E-state index contributed by atoms with van der Waals surface area (Å²) in [6.45, 7) is 7.80. The first kappa shape index (κ1) is 21.8. The standard InChI is InChI=1S/C23H27N3O3S/c1-15-6-10-17(11-7-15)25-19(21(28)26(22(25)30)23(2,3)4)14-20(27)24-16-8-12-18(29-5)13-9-16/h6-13,19H,14H2,1-5H3,(H,24,27). The Hall–Kier alpha value is -2.93. The lowest BCUT2D eigenvalue weighted by Crippen LogP contribution is -2.46. The van der Waals surface area contributed by atoms with Gasteiger partial charge in [0.1, 0.15) is 11.8 Å². The fourth-order valence-electron chi connectivity index (χ4n) is 3.45. The molecule has 1 aliphatic rings. The highest BCUT2D eigenvalue weighted by molar-refractivity contribution is 7.80. The third-order valence-corrected chi connectivity index (χ3v) is 5.33. The summed E-state index contributed by atoms with van der Waals surface area (Å²) in [7, 11) is 1.59. The topological polar surface area (TPSA) is 61.9 Å². The lowest BCUT2D eigenvalue weighted by Gasteiger charge is -2.31. The zero-order valence-electron chi connectivity index (χ0n) is 17.9. The van der Waals surface area contributed by atoms with Gasteiger partial charge in [-0.1, -0.05) is 17.7 Å². The van der Waals surface area contributed by atoms with Crippen molar-refractivity contribution in [1.29, 1.82) is 0 Å². The predicted octanol–water partition coefficient (Wildman–Crippen LogP) is 4.13. The van der Waals surface area contributed by atoms with E-state index in [0.717, 1.165) is 11.3 Å². The number of benzene rings is 2. The Bertz CT molecular complexity index is 949. The highest BCUT2D eigenvalue weighted by Crippen LogP contribution is 2.32. The molecule has 1 aliphatic heterocycles. The van der Waals surface area contributed by atoms with Crippen LogP contribution in [-0.4, -0.2) is 40.5 Å². The Morgan fingerprint density at radius 2 is 1.70 bits per heavy atom. The number of hydrogen-bond acceptors (Lipinski definition) is 4. The fourth-order valence-corrected chi connectivity index (χ4v) is 4.05.